The molecule has 18 heavy (non-hydrogen) atoms. The summed E-state index contributed by atoms with van der Waals surface area (Å²) in [6, 6.07) is 4.37. The molecule has 0 atom stereocenters. The summed E-state index contributed by atoms with van der Waals surface area (Å²) in [4.78, 5) is 0. The Balaban J connectivity index is 3.02. The quantitative estimate of drug-likeness (QED) is 0.600. The maximum Gasteiger partial charge on any atom is 0.122 e. The summed E-state index contributed by atoms with van der Waals surface area (Å²) in [5.41, 5.74) is 3.89. The molecular formula is C15H26N2O. The zero-order valence-electron chi connectivity index (χ0n) is 12.5. The smallest absolute Gasteiger partial charge is 0.122 e. The van der Waals surface area contributed by atoms with E-state index in [0.717, 1.165) is 19.0 Å². The van der Waals surface area contributed by atoms with Crippen molar-refractivity contribution in [3.63, 3.8) is 0 Å². The minimum absolute atomic E-state index is 0.0423. The van der Waals surface area contributed by atoms with E-state index in [1.807, 2.05) is 7.05 Å². The summed E-state index contributed by atoms with van der Waals surface area (Å²) < 4.78 is 5.53. The van der Waals surface area contributed by atoms with Crippen LogP contribution in [0.15, 0.2) is 12.1 Å². The number of rotatable bonds is 6. The largest absolute Gasteiger partial charge is 0.496 e. The molecule has 0 saturated carbocycles. The first-order valence-corrected chi connectivity index (χ1v) is 6.43. The van der Waals surface area contributed by atoms with Gasteiger partial charge in [-0.2, -0.15) is 0 Å². The van der Waals surface area contributed by atoms with Crippen LogP contribution in [0.1, 0.15) is 30.5 Å². The SMILES string of the molecule is CNCNCC(C)(C)c1cc(C)c(C)cc1OC. The molecule has 0 unspecified atom stereocenters. The summed E-state index contributed by atoms with van der Waals surface area (Å²) in [6.07, 6.45) is 0. The second-order valence-corrected chi connectivity index (χ2v) is 5.48. The number of hydrogen-bond donors (Lipinski definition) is 2. The molecule has 3 heteroatoms. The minimum Gasteiger partial charge on any atom is -0.496 e. The van der Waals surface area contributed by atoms with Crippen LogP contribution in [0.5, 0.6) is 5.75 Å². The molecule has 1 aromatic carbocycles. The first-order chi connectivity index (χ1) is 8.42. The van der Waals surface area contributed by atoms with Crippen LogP contribution in [0.4, 0.5) is 0 Å². The standard InChI is InChI=1S/C15H26N2O/c1-11-7-13(14(18-6)8-12(11)2)15(3,4)9-17-10-16-5/h7-8,16-17H,9-10H2,1-6H3. The molecule has 0 saturated heterocycles. The van der Waals surface area contributed by atoms with Gasteiger partial charge in [0.05, 0.1) is 7.11 Å². The topological polar surface area (TPSA) is 33.3 Å². The van der Waals surface area contributed by atoms with Crippen LogP contribution in [0.3, 0.4) is 0 Å². The van der Waals surface area contributed by atoms with E-state index in [1.54, 1.807) is 7.11 Å². The van der Waals surface area contributed by atoms with Gasteiger partial charge in [0.2, 0.25) is 0 Å². The van der Waals surface area contributed by atoms with Gasteiger partial charge in [-0.25, -0.2) is 0 Å². The van der Waals surface area contributed by atoms with Crippen molar-refractivity contribution in [3.05, 3.63) is 28.8 Å². The third-order valence-corrected chi connectivity index (χ3v) is 3.41. The van der Waals surface area contributed by atoms with Crippen LogP contribution in [0, 0.1) is 13.8 Å². The third kappa shape index (κ3) is 3.47. The lowest BCUT2D eigenvalue weighted by Crippen LogP contribution is -2.37. The summed E-state index contributed by atoms with van der Waals surface area (Å²) in [5, 5.41) is 6.49. The van der Waals surface area contributed by atoms with Gasteiger partial charge < -0.3 is 15.4 Å². The molecule has 0 heterocycles. The number of benzene rings is 1. The van der Waals surface area contributed by atoms with Crippen LogP contribution in [0.25, 0.3) is 0 Å². The van der Waals surface area contributed by atoms with Crippen molar-refractivity contribution < 1.29 is 4.74 Å². The van der Waals surface area contributed by atoms with Gasteiger partial charge >= 0.3 is 0 Å². The predicted octanol–water partition coefficient (Wildman–Crippen LogP) is 2.36. The molecule has 0 spiro atoms. The minimum atomic E-state index is 0.0423. The first-order valence-electron chi connectivity index (χ1n) is 6.43. The van der Waals surface area contributed by atoms with Crippen molar-refractivity contribution in [1.82, 2.24) is 10.6 Å². The van der Waals surface area contributed by atoms with Gasteiger partial charge in [0.15, 0.2) is 0 Å². The molecule has 0 amide bonds. The zero-order chi connectivity index (χ0) is 13.8. The van der Waals surface area contributed by atoms with Crippen molar-refractivity contribution in [1.29, 1.82) is 0 Å². The Bertz CT molecular complexity index is 400. The van der Waals surface area contributed by atoms with E-state index in [2.05, 4.69) is 50.5 Å². The molecule has 0 aliphatic rings. The third-order valence-electron chi connectivity index (χ3n) is 3.41. The molecule has 1 aromatic rings. The monoisotopic (exact) mass is 250 g/mol. The van der Waals surface area contributed by atoms with Gasteiger partial charge in [0.25, 0.3) is 0 Å². The molecule has 1 rings (SSSR count). The molecular weight excluding hydrogens is 224 g/mol. The molecule has 0 aliphatic heterocycles. The molecule has 0 radical (unpaired) electrons. The molecule has 102 valence electrons. The maximum atomic E-state index is 5.53. The average molecular weight is 250 g/mol. The lowest BCUT2D eigenvalue weighted by molar-refractivity contribution is 0.384. The van der Waals surface area contributed by atoms with Crippen molar-refractivity contribution in [2.45, 2.75) is 33.1 Å². The van der Waals surface area contributed by atoms with Crippen LogP contribution >= 0.6 is 0 Å². The van der Waals surface area contributed by atoms with E-state index in [1.165, 1.54) is 16.7 Å². The Morgan fingerprint density at radius 1 is 1.17 bits per heavy atom. The maximum absolute atomic E-state index is 5.53. The van der Waals surface area contributed by atoms with Gasteiger partial charge in [0.1, 0.15) is 5.75 Å². The highest BCUT2D eigenvalue weighted by molar-refractivity contribution is 5.45. The Kier molecular flexibility index (Phi) is 5.17. The fourth-order valence-electron chi connectivity index (χ4n) is 2.08. The van der Waals surface area contributed by atoms with E-state index in [-0.39, 0.29) is 5.41 Å². The molecule has 0 bridgehead atoms. The number of aryl methyl sites for hydroxylation is 2. The van der Waals surface area contributed by atoms with Crippen molar-refractivity contribution in [2.24, 2.45) is 0 Å². The van der Waals surface area contributed by atoms with Crippen molar-refractivity contribution >= 4 is 0 Å². The highest BCUT2D eigenvalue weighted by Gasteiger charge is 2.24. The Morgan fingerprint density at radius 3 is 2.33 bits per heavy atom. The fraction of sp³-hybridized carbons (Fsp3) is 0.600. The van der Waals surface area contributed by atoms with Crippen LogP contribution in [0.2, 0.25) is 0 Å². The van der Waals surface area contributed by atoms with Gasteiger partial charge in [-0.05, 0) is 38.1 Å². The van der Waals surface area contributed by atoms with Crippen LogP contribution in [-0.4, -0.2) is 27.4 Å². The lowest BCUT2D eigenvalue weighted by atomic mass is 9.82. The van der Waals surface area contributed by atoms with Crippen molar-refractivity contribution in [2.75, 3.05) is 27.4 Å². The van der Waals surface area contributed by atoms with Gasteiger partial charge in [-0.1, -0.05) is 19.9 Å². The Morgan fingerprint density at radius 2 is 1.78 bits per heavy atom. The number of ether oxygens (including phenoxy) is 1. The summed E-state index contributed by atoms with van der Waals surface area (Å²) in [7, 11) is 3.68. The predicted molar refractivity (Wildman–Crippen MR) is 77.4 cm³/mol. The fourth-order valence-corrected chi connectivity index (χ4v) is 2.08. The number of nitrogens with one attached hydrogen (secondary N) is 2. The highest BCUT2D eigenvalue weighted by Crippen LogP contribution is 2.33. The van der Waals surface area contributed by atoms with Crippen LogP contribution in [-0.2, 0) is 5.41 Å². The first kappa shape index (κ1) is 15.0. The van der Waals surface area contributed by atoms with Gasteiger partial charge in [-0.15, -0.1) is 0 Å². The van der Waals surface area contributed by atoms with Crippen LogP contribution < -0.4 is 15.4 Å². The van der Waals surface area contributed by atoms with Gasteiger partial charge in [-0.3, -0.25) is 0 Å². The van der Waals surface area contributed by atoms with E-state index in [0.29, 0.717) is 0 Å². The van der Waals surface area contributed by atoms with E-state index in [4.69, 9.17) is 4.74 Å². The average Bonchev–Trinajstić information content (AvgIpc) is 2.32. The normalized spacial score (nSPS) is 11.7. The number of methoxy groups -OCH3 is 1. The molecule has 0 fully saturated rings. The molecule has 2 N–H and O–H groups in total. The number of hydrogen-bond acceptors (Lipinski definition) is 3. The van der Waals surface area contributed by atoms with Crippen molar-refractivity contribution in [3.8, 4) is 5.75 Å². The van der Waals surface area contributed by atoms with Gasteiger partial charge in [0, 0.05) is 24.2 Å². The summed E-state index contributed by atoms with van der Waals surface area (Å²) in [5.74, 6) is 0.981. The van der Waals surface area contributed by atoms with E-state index >= 15 is 0 Å². The van der Waals surface area contributed by atoms with E-state index in [9.17, 15) is 0 Å². The molecule has 0 aromatic heterocycles. The van der Waals surface area contributed by atoms with E-state index < -0.39 is 0 Å². The molecule has 0 aliphatic carbocycles. The summed E-state index contributed by atoms with van der Waals surface area (Å²) in [6.45, 7) is 10.5. The Labute approximate surface area is 111 Å². The zero-order valence-corrected chi connectivity index (χ0v) is 12.5. The second-order valence-electron chi connectivity index (χ2n) is 5.48. The second kappa shape index (κ2) is 6.21. The summed E-state index contributed by atoms with van der Waals surface area (Å²) >= 11 is 0. The Hall–Kier alpha value is -1.06. The lowest BCUT2D eigenvalue weighted by Gasteiger charge is -2.28. The molecule has 3 nitrogen and oxygen atoms in total. The highest BCUT2D eigenvalue weighted by atomic mass is 16.5.